The highest BCUT2D eigenvalue weighted by Crippen LogP contribution is 2.28. The number of rotatable bonds is 7. The zero-order chi connectivity index (χ0) is 33.1. The van der Waals surface area contributed by atoms with E-state index in [1.54, 1.807) is 42.0 Å². The Labute approximate surface area is 265 Å². The third kappa shape index (κ3) is 10.9. The molecule has 11 nitrogen and oxygen atoms in total. The molecular formula is C33H48FN5O6. The molecule has 0 aromatic heterocycles. The minimum atomic E-state index is -0.566. The van der Waals surface area contributed by atoms with E-state index in [0.29, 0.717) is 30.3 Å². The highest BCUT2D eigenvalue weighted by Gasteiger charge is 2.31. The molecule has 1 aliphatic rings. The number of benzene rings is 2. The number of nitrogens with one attached hydrogen (secondary N) is 3. The first-order valence-electron chi connectivity index (χ1n) is 15.6. The highest BCUT2D eigenvalue weighted by molar-refractivity contribution is 6.02. The predicted molar refractivity (Wildman–Crippen MR) is 172 cm³/mol. The molecule has 12 heteroatoms. The Morgan fingerprint density at radius 2 is 1.73 bits per heavy atom. The van der Waals surface area contributed by atoms with Crippen LogP contribution in [0.15, 0.2) is 42.5 Å². The van der Waals surface area contributed by atoms with Gasteiger partial charge >= 0.3 is 12.1 Å². The second kappa shape index (κ2) is 17.0. The SMILES string of the molecule is CC(C)NC(=O)N(C)C[C@@H]1OCCCC[C@H](C)Oc2ccc(NC(=O)Nc3ccc(F)cc3)cc2C(=O)N([C@@H](C)CO)C[C@H]1C. The number of carbonyl (C=O) groups excluding carboxylic acids is 3. The van der Waals surface area contributed by atoms with Crippen molar-refractivity contribution >= 4 is 29.3 Å². The Bertz CT molecular complexity index is 1280. The van der Waals surface area contributed by atoms with E-state index in [1.807, 2.05) is 27.7 Å². The first-order chi connectivity index (χ1) is 21.4. The van der Waals surface area contributed by atoms with E-state index in [1.165, 1.54) is 24.3 Å². The Kier molecular flexibility index (Phi) is 13.4. The van der Waals surface area contributed by atoms with Crippen LogP contribution in [0.2, 0.25) is 0 Å². The first-order valence-corrected chi connectivity index (χ1v) is 15.6. The van der Waals surface area contributed by atoms with Crippen LogP contribution >= 0.6 is 0 Å². The maximum atomic E-state index is 14.2. The maximum Gasteiger partial charge on any atom is 0.323 e. The summed E-state index contributed by atoms with van der Waals surface area (Å²) in [5.41, 5.74) is 0.987. The standard InChI is InChI=1S/C33H48FN5O6/c1-21(2)35-33(43)38(6)19-30-22(3)18-39(23(4)20-40)31(41)28-17-27(37-32(42)36-26-12-10-25(34)11-13-26)14-15-29(28)45-24(5)9-7-8-16-44-30/h10-15,17,21-24,30,40H,7-9,16,18-20H2,1-6H3,(H,35,43)(H2,36,37,42)/t22-,23+,24+,30+/m1/s1. The molecule has 0 unspecified atom stereocenters. The van der Waals surface area contributed by atoms with Crippen molar-refractivity contribution in [3.05, 3.63) is 53.8 Å². The second-order valence-electron chi connectivity index (χ2n) is 12.1. The number of hydrogen-bond donors (Lipinski definition) is 4. The van der Waals surface area contributed by atoms with Gasteiger partial charge in [-0.2, -0.15) is 0 Å². The Balaban J connectivity index is 1.91. The lowest BCUT2D eigenvalue weighted by Crippen LogP contribution is -2.49. The summed E-state index contributed by atoms with van der Waals surface area (Å²) in [6.07, 6.45) is 1.79. The van der Waals surface area contributed by atoms with Gasteiger partial charge in [0.25, 0.3) is 5.91 Å². The molecule has 3 rings (SSSR count). The van der Waals surface area contributed by atoms with Gasteiger partial charge in [-0.25, -0.2) is 14.0 Å². The van der Waals surface area contributed by atoms with E-state index in [2.05, 4.69) is 16.0 Å². The third-order valence-corrected chi connectivity index (χ3v) is 7.62. The van der Waals surface area contributed by atoms with Crippen molar-refractivity contribution in [3.63, 3.8) is 0 Å². The number of likely N-dealkylation sites (N-methyl/N-ethyl adjacent to an activating group) is 1. The molecular weight excluding hydrogens is 581 g/mol. The van der Waals surface area contributed by atoms with Gasteiger partial charge in [0, 0.05) is 50.1 Å². The maximum absolute atomic E-state index is 14.2. The minimum Gasteiger partial charge on any atom is -0.490 e. The normalized spacial score (nSPS) is 20.3. The van der Waals surface area contributed by atoms with Gasteiger partial charge in [-0.15, -0.1) is 0 Å². The van der Waals surface area contributed by atoms with Gasteiger partial charge in [-0.3, -0.25) is 4.79 Å². The van der Waals surface area contributed by atoms with Crippen LogP contribution in [0.25, 0.3) is 0 Å². The summed E-state index contributed by atoms with van der Waals surface area (Å²) < 4.78 is 25.8. The zero-order valence-corrected chi connectivity index (χ0v) is 27.1. The van der Waals surface area contributed by atoms with Crippen molar-refractivity contribution in [1.29, 1.82) is 0 Å². The number of nitrogens with zero attached hydrogens (tertiary/aromatic N) is 2. The van der Waals surface area contributed by atoms with E-state index >= 15 is 0 Å². The van der Waals surface area contributed by atoms with Gasteiger partial charge in [0.05, 0.1) is 30.4 Å². The van der Waals surface area contributed by atoms with E-state index in [-0.39, 0.29) is 54.8 Å². The molecule has 2 aromatic rings. The van der Waals surface area contributed by atoms with E-state index in [0.717, 1.165) is 19.3 Å². The molecule has 0 aliphatic carbocycles. The average molecular weight is 630 g/mol. The highest BCUT2D eigenvalue weighted by atomic mass is 19.1. The van der Waals surface area contributed by atoms with Crippen LogP contribution in [0.3, 0.4) is 0 Å². The number of aliphatic hydroxyl groups excluding tert-OH is 1. The smallest absolute Gasteiger partial charge is 0.323 e. The summed E-state index contributed by atoms with van der Waals surface area (Å²) in [4.78, 5) is 42.8. The lowest BCUT2D eigenvalue weighted by atomic mass is 10.0. The van der Waals surface area contributed by atoms with Crippen LogP contribution in [0, 0.1) is 11.7 Å². The van der Waals surface area contributed by atoms with E-state index in [4.69, 9.17) is 9.47 Å². The summed E-state index contributed by atoms with van der Waals surface area (Å²) >= 11 is 0. The topological polar surface area (TPSA) is 132 Å². The van der Waals surface area contributed by atoms with Crippen LogP contribution in [0.1, 0.15) is 64.2 Å². The van der Waals surface area contributed by atoms with Crippen LogP contribution in [0.5, 0.6) is 5.75 Å². The van der Waals surface area contributed by atoms with Gasteiger partial charge in [0.15, 0.2) is 0 Å². The zero-order valence-electron chi connectivity index (χ0n) is 27.1. The summed E-state index contributed by atoms with van der Waals surface area (Å²) in [7, 11) is 1.72. The van der Waals surface area contributed by atoms with Crippen molar-refractivity contribution in [3.8, 4) is 5.75 Å². The number of hydrogen-bond acceptors (Lipinski definition) is 6. The number of urea groups is 2. The van der Waals surface area contributed by atoms with Gasteiger partial charge in [0.2, 0.25) is 0 Å². The molecule has 2 aromatic carbocycles. The van der Waals surface area contributed by atoms with Crippen molar-refractivity contribution in [1.82, 2.24) is 15.1 Å². The molecule has 4 N–H and O–H groups in total. The summed E-state index contributed by atoms with van der Waals surface area (Å²) in [6, 6.07) is 8.89. The van der Waals surface area contributed by atoms with Gasteiger partial charge < -0.3 is 40.3 Å². The van der Waals surface area contributed by atoms with Gasteiger partial charge in [0.1, 0.15) is 11.6 Å². The Hall–Kier alpha value is -3.90. The fourth-order valence-corrected chi connectivity index (χ4v) is 5.00. The van der Waals surface area contributed by atoms with Crippen molar-refractivity contribution in [2.24, 2.45) is 5.92 Å². The molecule has 4 atom stereocenters. The van der Waals surface area contributed by atoms with Crippen LogP contribution < -0.4 is 20.7 Å². The number of halogens is 1. The number of amides is 5. The molecule has 45 heavy (non-hydrogen) atoms. The lowest BCUT2D eigenvalue weighted by Gasteiger charge is -2.36. The fraction of sp³-hybridized carbons (Fsp3) is 0.545. The quantitative estimate of drug-likeness (QED) is 0.328. The molecule has 0 bridgehead atoms. The van der Waals surface area contributed by atoms with Gasteiger partial charge in [-0.05, 0) is 89.4 Å². The van der Waals surface area contributed by atoms with Crippen molar-refractivity contribution < 1.29 is 33.4 Å². The molecule has 1 heterocycles. The number of fused-ring (bicyclic) bond motifs is 1. The molecule has 248 valence electrons. The monoisotopic (exact) mass is 629 g/mol. The van der Waals surface area contributed by atoms with Crippen LogP contribution in [-0.2, 0) is 4.74 Å². The van der Waals surface area contributed by atoms with Gasteiger partial charge in [-0.1, -0.05) is 6.92 Å². The van der Waals surface area contributed by atoms with Crippen molar-refractivity contribution in [2.45, 2.75) is 78.2 Å². The molecule has 0 radical (unpaired) electrons. The predicted octanol–water partition coefficient (Wildman–Crippen LogP) is 5.32. The van der Waals surface area contributed by atoms with E-state index in [9.17, 15) is 23.9 Å². The number of anilines is 2. The summed E-state index contributed by atoms with van der Waals surface area (Å²) in [6.45, 7) is 10.2. The van der Waals surface area contributed by atoms with Crippen molar-refractivity contribution in [2.75, 3.05) is 44.0 Å². The number of aliphatic hydroxyl groups is 1. The summed E-state index contributed by atoms with van der Waals surface area (Å²) in [5, 5.41) is 18.4. The first kappa shape index (κ1) is 35.6. The average Bonchev–Trinajstić information content (AvgIpc) is 2.99. The van der Waals surface area contributed by atoms with Crippen LogP contribution in [0.4, 0.5) is 25.4 Å². The molecule has 1 aliphatic heterocycles. The summed E-state index contributed by atoms with van der Waals surface area (Å²) in [5.74, 6) is -0.631. The fourth-order valence-electron chi connectivity index (χ4n) is 5.00. The molecule has 0 spiro atoms. The Morgan fingerprint density at radius 1 is 1.07 bits per heavy atom. The largest absolute Gasteiger partial charge is 0.490 e. The second-order valence-corrected chi connectivity index (χ2v) is 12.1. The molecule has 0 saturated carbocycles. The van der Waals surface area contributed by atoms with E-state index < -0.39 is 17.9 Å². The lowest BCUT2D eigenvalue weighted by molar-refractivity contribution is -0.0122. The molecule has 5 amide bonds. The van der Waals surface area contributed by atoms with Crippen LogP contribution in [-0.4, -0.2) is 90.5 Å². The Morgan fingerprint density at radius 3 is 2.40 bits per heavy atom. The number of ether oxygens (including phenoxy) is 2. The molecule has 0 fully saturated rings. The minimum absolute atomic E-state index is 0.0153. The molecule has 0 saturated heterocycles. The number of carbonyl (C=O) groups is 3. The third-order valence-electron chi connectivity index (χ3n) is 7.62.